The molecule has 0 aromatic rings. The predicted molar refractivity (Wildman–Crippen MR) is 50.4 cm³/mol. The fraction of sp³-hybridized carbons (Fsp3) is 0.429. The maximum absolute atomic E-state index is 11.4. The molecular formula is C7H11N3OS. The summed E-state index contributed by atoms with van der Waals surface area (Å²) in [5.74, 6) is 0.600. The summed E-state index contributed by atoms with van der Waals surface area (Å²) < 4.78 is 0. The van der Waals surface area contributed by atoms with Gasteiger partial charge in [-0.05, 0) is 12.2 Å². The van der Waals surface area contributed by atoms with Crippen LogP contribution in [0, 0.1) is 0 Å². The van der Waals surface area contributed by atoms with Crippen LogP contribution in [0.15, 0.2) is 12.4 Å². The van der Waals surface area contributed by atoms with Crippen molar-refractivity contribution in [2.24, 2.45) is 0 Å². The SMILES string of the molecule is C=C1N(C)C(=O)N(C)C(=S)N1C. The molecule has 0 N–H and O–H groups in total. The van der Waals surface area contributed by atoms with E-state index in [2.05, 4.69) is 6.58 Å². The first-order chi connectivity index (χ1) is 5.46. The fourth-order valence-electron chi connectivity index (χ4n) is 0.978. The average Bonchev–Trinajstić information content (AvgIpc) is 2.08. The first kappa shape index (κ1) is 8.99. The van der Waals surface area contributed by atoms with E-state index in [1.165, 1.54) is 9.80 Å². The Morgan fingerprint density at radius 1 is 1.17 bits per heavy atom. The fourth-order valence-corrected chi connectivity index (χ4v) is 1.16. The summed E-state index contributed by atoms with van der Waals surface area (Å²) in [5, 5.41) is 0.475. The van der Waals surface area contributed by atoms with Gasteiger partial charge in [0.15, 0.2) is 5.11 Å². The summed E-state index contributed by atoms with van der Waals surface area (Å²) in [7, 11) is 5.09. The van der Waals surface area contributed by atoms with Crippen LogP contribution in [-0.4, -0.2) is 47.0 Å². The van der Waals surface area contributed by atoms with Gasteiger partial charge in [0.1, 0.15) is 5.82 Å². The van der Waals surface area contributed by atoms with Gasteiger partial charge in [0.25, 0.3) is 0 Å². The van der Waals surface area contributed by atoms with Crippen LogP contribution >= 0.6 is 12.2 Å². The first-order valence-corrected chi connectivity index (χ1v) is 3.85. The Morgan fingerprint density at radius 3 is 2.17 bits per heavy atom. The number of carbonyl (C=O) groups excluding carboxylic acids is 1. The van der Waals surface area contributed by atoms with Crippen LogP contribution in [0.1, 0.15) is 0 Å². The summed E-state index contributed by atoms with van der Waals surface area (Å²) in [6.45, 7) is 3.73. The zero-order valence-corrected chi connectivity index (χ0v) is 8.18. The average molecular weight is 185 g/mol. The van der Waals surface area contributed by atoms with Gasteiger partial charge < -0.3 is 4.90 Å². The summed E-state index contributed by atoms with van der Waals surface area (Å²) in [4.78, 5) is 15.9. The number of rotatable bonds is 0. The highest BCUT2D eigenvalue weighted by Crippen LogP contribution is 2.15. The molecule has 12 heavy (non-hydrogen) atoms. The third-order valence-corrected chi connectivity index (χ3v) is 2.47. The molecule has 1 rings (SSSR count). The molecule has 1 aliphatic heterocycles. The van der Waals surface area contributed by atoms with Crippen molar-refractivity contribution in [2.75, 3.05) is 21.1 Å². The molecule has 0 radical (unpaired) electrons. The Bertz CT molecular complexity index is 203. The minimum atomic E-state index is -0.150. The van der Waals surface area contributed by atoms with E-state index in [9.17, 15) is 4.79 Å². The maximum atomic E-state index is 11.4. The van der Waals surface area contributed by atoms with Gasteiger partial charge in [-0.3, -0.25) is 9.80 Å². The molecule has 1 heterocycles. The molecule has 0 atom stereocenters. The minimum absolute atomic E-state index is 0.150. The molecule has 0 spiro atoms. The van der Waals surface area contributed by atoms with Crippen molar-refractivity contribution >= 4 is 23.4 Å². The molecule has 1 aliphatic rings. The molecule has 0 aliphatic carbocycles. The van der Waals surface area contributed by atoms with Crippen molar-refractivity contribution in [2.45, 2.75) is 0 Å². The summed E-state index contributed by atoms with van der Waals surface area (Å²) in [6.07, 6.45) is 0. The largest absolute Gasteiger partial charge is 0.331 e. The number of amides is 2. The number of urea groups is 1. The van der Waals surface area contributed by atoms with E-state index < -0.39 is 0 Å². The Kier molecular flexibility index (Phi) is 2.06. The summed E-state index contributed by atoms with van der Waals surface area (Å²) >= 11 is 5.00. The Hall–Kier alpha value is -1.10. The molecule has 66 valence electrons. The number of hydrogen-bond acceptors (Lipinski definition) is 2. The third kappa shape index (κ3) is 1.06. The van der Waals surface area contributed by atoms with E-state index in [1.807, 2.05) is 0 Å². The first-order valence-electron chi connectivity index (χ1n) is 3.45. The molecule has 0 saturated carbocycles. The molecular weight excluding hydrogens is 174 g/mol. The van der Waals surface area contributed by atoms with Gasteiger partial charge in [0.05, 0.1) is 0 Å². The van der Waals surface area contributed by atoms with Crippen molar-refractivity contribution < 1.29 is 4.79 Å². The lowest BCUT2D eigenvalue weighted by molar-refractivity contribution is 0.180. The van der Waals surface area contributed by atoms with Gasteiger partial charge in [-0.15, -0.1) is 0 Å². The molecule has 0 unspecified atom stereocenters. The second-order valence-corrected chi connectivity index (χ2v) is 3.02. The maximum Gasteiger partial charge on any atom is 0.331 e. The van der Waals surface area contributed by atoms with Crippen LogP contribution in [0.4, 0.5) is 4.79 Å². The molecule has 4 nitrogen and oxygen atoms in total. The Morgan fingerprint density at radius 2 is 1.67 bits per heavy atom. The molecule has 0 bridgehead atoms. The van der Waals surface area contributed by atoms with E-state index in [0.29, 0.717) is 10.9 Å². The highest BCUT2D eigenvalue weighted by atomic mass is 32.1. The van der Waals surface area contributed by atoms with Crippen LogP contribution in [0.5, 0.6) is 0 Å². The van der Waals surface area contributed by atoms with E-state index in [0.717, 1.165) is 0 Å². The summed E-state index contributed by atoms with van der Waals surface area (Å²) in [6, 6.07) is -0.150. The van der Waals surface area contributed by atoms with Crippen LogP contribution in [0.3, 0.4) is 0 Å². The smallest absolute Gasteiger partial charge is 0.308 e. The number of carbonyl (C=O) groups is 1. The molecule has 5 heteroatoms. The lowest BCUT2D eigenvalue weighted by Gasteiger charge is -2.39. The summed E-state index contributed by atoms with van der Waals surface area (Å²) in [5.41, 5.74) is 0. The Balaban J connectivity index is 2.99. The van der Waals surface area contributed by atoms with E-state index >= 15 is 0 Å². The van der Waals surface area contributed by atoms with Crippen LogP contribution in [0.2, 0.25) is 0 Å². The van der Waals surface area contributed by atoms with Crippen molar-refractivity contribution in [3.05, 3.63) is 12.4 Å². The number of nitrogens with zero attached hydrogens (tertiary/aromatic N) is 3. The van der Waals surface area contributed by atoms with E-state index in [4.69, 9.17) is 12.2 Å². The van der Waals surface area contributed by atoms with Gasteiger partial charge in [-0.25, -0.2) is 4.79 Å². The predicted octanol–water partition coefficient (Wildman–Crippen LogP) is 0.672. The highest BCUT2D eigenvalue weighted by Gasteiger charge is 2.30. The van der Waals surface area contributed by atoms with Crippen molar-refractivity contribution in [1.82, 2.24) is 14.7 Å². The number of thiocarbonyl (C=S) groups is 1. The molecule has 2 amide bonds. The van der Waals surface area contributed by atoms with Crippen molar-refractivity contribution in [3.63, 3.8) is 0 Å². The van der Waals surface area contributed by atoms with Gasteiger partial charge in [-0.2, -0.15) is 0 Å². The van der Waals surface area contributed by atoms with Gasteiger partial charge in [-0.1, -0.05) is 6.58 Å². The Labute approximate surface area is 77.0 Å². The topological polar surface area (TPSA) is 26.8 Å². The van der Waals surface area contributed by atoms with Crippen LogP contribution < -0.4 is 0 Å². The molecule has 1 fully saturated rings. The lowest BCUT2D eigenvalue weighted by Crippen LogP contribution is -2.54. The van der Waals surface area contributed by atoms with E-state index in [-0.39, 0.29) is 6.03 Å². The number of hydrogen-bond donors (Lipinski definition) is 0. The highest BCUT2D eigenvalue weighted by molar-refractivity contribution is 7.80. The van der Waals surface area contributed by atoms with Crippen LogP contribution in [0.25, 0.3) is 0 Å². The second kappa shape index (κ2) is 2.75. The van der Waals surface area contributed by atoms with Gasteiger partial charge in [0, 0.05) is 21.1 Å². The second-order valence-electron chi connectivity index (χ2n) is 2.66. The monoisotopic (exact) mass is 185 g/mol. The van der Waals surface area contributed by atoms with Crippen LogP contribution in [-0.2, 0) is 0 Å². The molecule has 0 aromatic carbocycles. The third-order valence-electron chi connectivity index (χ3n) is 1.92. The minimum Gasteiger partial charge on any atom is -0.308 e. The normalized spacial score (nSPS) is 19.2. The van der Waals surface area contributed by atoms with Crippen molar-refractivity contribution in [3.8, 4) is 0 Å². The zero-order valence-electron chi connectivity index (χ0n) is 7.37. The quantitative estimate of drug-likeness (QED) is 0.519. The molecule has 0 aromatic heterocycles. The van der Waals surface area contributed by atoms with E-state index in [1.54, 1.807) is 26.0 Å². The van der Waals surface area contributed by atoms with Crippen molar-refractivity contribution in [1.29, 1.82) is 0 Å². The zero-order chi connectivity index (χ0) is 9.46. The lowest BCUT2D eigenvalue weighted by atomic mass is 10.5. The standard InChI is InChI=1S/C7H11N3OS/c1-5-8(2)6(11)10(4)7(12)9(5)3/h1H2,2-4H3. The molecule has 1 saturated heterocycles. The van der Waals surface area contributed by atoms with Gasteiger partial charge >= 0.3 is 6.03 Å². The van der Waals surface area contributed by atoms with Gasteiger partial charge in [0.2, 0.25) is 0 Å².